The van der Waals surface area contributed by atoms with E-state index in [2.05, 4.69) is 6.92 Å². The van der Waals surface area contributed by atoms with Gasteiger partial charge in [-0.05, 0) is 6.42 Å². The van der Waals surface area contributed by atoms with Gasteiger partial charge in [0.25, 0.3) is 0 Å². The molecule has 0 atom stereocenters. The van der Waals surface area contributed by atoms with Crippen molar-refractivity contribution in [2.75, 3.05) is 6.67 Å². The molecule has 0 N–H and O–H groups in total. The molecule has 0 rings (SSSR count). The summed E-state index contributed by atoms with van der Waals surface area (Å²) in [7, 11) is 0. The maximum atomic E-state index is 11.5. The Bertz CT molecular complexity index is 42.5. The van der Waals surface area contributed by atoms with Gasteiger partial charge in [0.1, 0.15) is 0 Å². The Kier molecular flexibility index (Phi) is 15.4. The van der Waals surface area contributed by atoms with Crippen LogP contribution in [-0.2, 0) is 0 Å². The summed E-state index contributed by atoms with van der Waals surface area (Å²) in [6, 6.07) is 0. The van der Waals surface area contributed by atoms with E-state index in [0.29, 0.717) is 0 Å². The molecule has 0 aliphatic carbocycles. The number of halogens is 2. The molecule has 0 radical (unpaired) electrons. The van der Waals surface area contributed by atoms with Crippen LogP contribution in [-0.4, -0.2) is 6.67 Å². The Hall–Kier alpha value is 0.220. The molecule has 0 aliphatic heterocycles. The number of alkyl halides is 1. The topological polar surface area (TPSA) is 0 Å². The molecule has 0 unspecified atom stereocenters. The van der Waals surface area contributed by atoms with Gasteiger partial charge in [0.05, 0.1) is 6.67 Å². The molecule has 0 spiro atoms. The molecule has 0 fully saturated rings. The summed E-state index contributed by atoms with van der Waals surface area (Å²) in [5.41, 5.74) is 0. The van der Waals surface area contributed by atoms with Gasteiger partial charge < -0.3 is 0 Å². The maximum absolute atomic E-state index is 11.5. The van der Waals surface area contributed by atoms with Crippen molar-refractivity contribution in [3.8, 4) is 0 Å². The molecule has 0 aromatic heterocycles. The van der Waals surface area contributed by atoms with Crippen molar-refractivity contribution in [3.05, 3.63) is 0 Å². The van der Waals surface area contributed by atoms with Crippen LogP contribution in [0.4, 0.5) is 4.39 Å². The molecular formula is C8H18ClF. The predicted molar refractivity (Wildman–Crippen MR) is 46.6 cm³/mol. The molecule has 0 heterocycles. The fourth-order valence-corrected chi connectivity index (χ4v) is 0.875. The highest BCUT2D eigenvalue weighted by Crippen LogP contribution is 2.04. The molecule has 0 aromatic rings. The van der Waals surface area contributed by atoms with Gasteiger partial charge in [-0.3, -0.25) is 4.39 Å². The van der Waals surface area contributed by atoms with E-state index in [4.69, 9.17) is 0 Å². The maximum Gasteiger partial charge on any atom is 0.0894 e. The third kappa shape index (κ3) is 11.1. The monoisotopic (exact) mass is 168 g/mol. The van der Waals surface area contributed by atoms with E-state index in [1.807, 2.05) is 0 Å². The van der Waals surface area contributed by atoms with Crippen LogP contribution in [0.15, 0.2) is 0 Å². The largest absolute Gasteiger partial charge is 0.251 e. The first-order valence-electron chi connectivity index (χ1n) is 3.97. The minimum absolute atomic E-state index is 0. The molecule has 0 saturated carbocycles. The average molecular weight is 169 g/mol. The zero-order valence-corrected chi connectivity index (χ0v) is 7.55. The fraction of sp³-hybridized carbons (Fsp3) is 1.00. The Morgan fingerprint density at radius 3 is 1.90 bits per heavy atom. The smallest absolute Gasteiger partial charge is 0.0894 e. The molecule has 0 aromatic carbocycles. The lowest BCUT2D eigenvalue weighted by atomic mass is 10.1. The Morgan fingerprint density at radius 1 is 0.900 bits per heavy atom. The van der Waals surface area contributed by atoms with Crippen LogP contribution in [0.2, 0.25) is 0 Å². The Balaban J connectivity index is 0. The molecule has 0 bridgehead atoms. The molecule has 10 heavy (non-hydrogen) atoms. The van der Waals surface area contributed by atoms with Crippen LogP contribution >= 0.6 is 12.4 Å². The normalized spacial score (nSPS) is 9.00. The first kappa shape index (κ1) is 12.9. The molecule has 64 valence electrons. The molecule has 0 saturated heterocycles. The Morgan fingerprint density at radius 2 is 1.40 bits per heavy atom. The lowest BCUT2D eigenvalue weighted by Gasteiger charge is -1.95. The molecule has 2 heteroatoms. The molecule has 0 amide bonds. The van der Waals surface area contributed by atoms with E-state index in [-0.39, 0.29) is 19.1 Å². The third-order valence-electron chi connectivity index (χ3n) is 1.49. The van der Waals surface area contributed by atoms with Gasteiger partial charge in [-0.25, -0.2) is 0 Å². The second-order valence-corrected chi connectivity index (χ2v) is 2.46. The zero-order valence-electron chi connectivity index (χ0n) is 6.74. The lowest BCUT2D eigenvalue weighted by molar-refractivity contribution is 0.451. The Labute approximate surface area is 69.6 Å². The van der Waals surface area contributed by atoms with Crippen molar-refractivity contribution < 1.29 is 4.39 Å². The highest BCUT2D eigenvalue weighted by molar-refractivity contribution is 5.85. The summed E-state index contributed by atoms with van der Waals surface area (Å²) in [5, 5.41) is 0. The predicted octanol–water partition coefficient (Wildman–Crippen LogP) is 3.74. The highest BCUT2D eigenvalue weighted by Gasteiger charge is 1.87. The van der Waals surface area contributed by atoms with E-state index in [9.17, 15) is 4.39 Å². The van der Waals surface area contributed by atoms with Crippen molar-refractivity contribution in [1.29, 1.82) is 0 Å². The van der Waals surface area contributed by atoms with Gasteiger partial charge in [0.15, 0.2) is 0 Å². The zero-order chi connectivity index (χ0) is 6.95. The highest BCUT2D eigenvalue weighted by atomic mass is 35.5. The number of rotatable bonds is 6. The van der Waals surface area contributed by atoms with E-state index in [1.165, 1.54) is 25.7 Å². The molecular weight excluding hydrogens is 151 g/mol. The van der Waals surface area contributed by atoms with Crippen LogP contribution in [0.1, 0.15) is 45.4 Å². The molecule has 0 aliphatic rings. The second kappa shape index (κ2) is 12.0. The van der Waals surface area contributed by atoms with E-state index in [1.54, 1.807) is 0 Å². The van der Waals surface area contributed by atoms with E-state index in [0.717, 1.165) is 12.8 Å². The number of hydrogen-bond donors (Lipinski definition) is 0. The molecule has 0 nitrogen and oxygen atoms in total. The summed E-state index contributed by atoms with van der Waals surface area (Å²) >= 11 is 0. The van der Waals surface area contributed by atoms with Crippen LogP contribution in [0.5, 0.6) is 0 Å². The van der Waals surface area contributed by atoms with Gasteiger partial charge in [-0.2, -0.15) is 0 Å². The van der Waals surface area contributed by atoms with E-state index < -0.39 is 0 Å². The van der Waals surface area contributed by atoms with Gasteiger partial charge in [-0.15, -0.1) is 12.4 Å². The quantitative estimate of drug-likeness (QED) is 0.530. The van der Waals surface area contributed by atoms with Crippen molar-refractivity contribution >= 4 is 12.4 Å². The lowest BCUT2D eigenvalue weighted by Crippen LogP contribution is -1.78. The minimum atomic E-state index is -0.133. The van der Waals surface area contributed by atoms with Gasteiger partial charge in [-0.1, -0.05) is 39.0 Å². The third-order valence-corrected chi connectivity index (χ3v) is 1.49. The van der Waals surface area contributed by atoms with Crippen LogP contribution < -0.4 is 0 Å². The summed E-state index contributed by atoms with van der Waals surface area (Å²) < 4.78 is 11.5. The van der Waals surface area contributed by atoms with Crippen molar-refractivity contribution in [2.24, 2.45) is 0 Å². The summed E-state index contributed by atoms with van der Waals surface area (Å²) in [6.07, 6.45) is 6.94. The van der Waals surface area contributed by atoms with Crippen molar-refractivity contribution in [3.63, 3.8) is 0 Å². The summed E-state index contributed by atoms with van der Waals surface area (Å²) in [6.45, 7) is 2.06. The van der Waals surface area contributed by atoms with Crippen LogP contribution in [0, 0.1) is 0 Å². The van der Waals surface area contributed by atoms with Crippen LogP contribution in [0.25, 0.3) is 0 Å². The first-order valence-corrected chi connectivity index (χ1v) is 3.97. The average Bonchev–Trinajstić information content (AvgIpc) is 1.89. The summed E-state index contributed by atoms with van der Waals surface area (Å²) in [5.74, 6) is 0. The van der Waals surface area contributed by atoms with Crippen molar-refractivity contribution in [1.82, 2.24) is 0 Å². The number of unbranched alkanes of at least 4 members (excludes halogenated alkanes) is 5. The first-order chi connectivity index (χ1) is 4.41. The van der Waals surface area contributed by atoms with Crippen LogP contribution in [0.3, 0.4) is 0 Å². The van der Waals surface area contributed by atoms with Gasteiger partial charge in [0.2, 0.25) is 0 Å². The van der Waals surface area contributed by atoms with Crippen molar-refractivity contribution in [2.45, 2.75) is 45.4 Å². The standard InChI is InChI=1S/C8H17F.ClH/c1-2-3-4-5-6-7-8-9;/h2-8H2,1H3;1H. The SMILES string of the molecule is CCCCCCCCF.Cl. The van der Waals surface area contributed by atoms with Gasteiger partial charge >= 0.3 is 0 Å². The van der Waals surface area contributed by atoms with E-state index >= 15 is 0 Å². The minimum Gasteiger partial charge on any atom is -0.251 e. The summed E-state index contributed by atoms with van der Waals surface area (Å²) in [4.78, 5) is 0. The van der Waals surface area contributed by atoms with Gasteiger partial charge in [0, 0.05) is 0 Å². The second-order valence-electron chi connectivity index (χ2n) is 2.46. The number of hydrogen-bond acceptors (Lipinski definition) is 0. The fourth-order valence-electron chi connectivity index (χ4n) is 0.875.